The number of nitrogens with two attached hydrogens (primary N) is 1. The van der Waals surface area contributed by atoms with Crippen molar-refractivity contribution in [3.63, 3.8) is 0 Å². The van der Waals surface area contributed by atoms with Crippen molar-refractivity contribution < 1.29 is 9.13 Å². The van der Waals surface area contributed by atoms with Crippen molar-refractivity contribution in [1.29, 1.82) is 0 Å². The van der Waals surface area contributed by atoms with Crippen LogP contribution in [0.15, 0.2) is 23.2 Å². The van der Waals surface area contributed by atoms with E-state index < -0.39 is 5.82 Å². The minimum absolute atomic E-state index is 0.0583. The Morgan fingerprint density at radius 1 is 1.48 bits per heavy atom. The van der Waals surface area contributed by atoms with Crippen molar-refractivity contribution >= 4 is 23.1 Å². The molecule has 116 valence electrons. The topological polar surface area (TPSA) is 50.8 Å². The van der Waals surface area contributed by atoms with Crippen LogP contribution >= 0.6 is 11.6 Å². The summed E-state index contributed by atoms with van der Waals surface area (Å²) in [5.74, 6) is 0.687. The van der Waals surface area contributed by atoms with Crippen LogP contribution < -0.4 is 10.5 Å². The van der Waals surface area contributed by atoms with Crippen LogP contribution in [0.25, 0.3) is 0 Å². The van der Waals surface area contributed by atoms with Gasteiger partial charge in [-0.3, -0.25) is 0 Å². The van der Waals surface area contributed by atoms with Gasteiger partial charge >= 0.3 is 0 Å². The first-order chi connectivity index (χ1) is 10.1. The molecule has 0 saturated carbocycles. The molecular weight excluding hydrogens is 293 g/mol. The lowest BCUT2D eigenvalue weighted by atomic mass is 9.98. The molecule has 4 nitrogen and oxygen atoms in total. The molecule has 2 rings (SSSR count). The molecule has 1 aromatic rings. The number of nitrogens with zero attached hydrogens (tertiary/aromatic N) is 2. The van der Waals surface area contributed by atoms with Gasteiger partial charge in [0, 0.05) is 0 Å². The second-order valence-electron chi connectivity index (χ2n) is 5.38. The molecule has 1 aliphatic heterocycles. The van der Waals surface area contributed by atoms with Crippen LogP contribution in [-0.2, 0) is 0 Å². The van der Waals surface area contributed by atoms with Crippen LogP contribution in [0.1, 0.15) is 12.8 Å². The lowest BCUT2D eigenvalue weighted by Crippen LogP contribution is -2.32. The van der Waals surface area contributed by atoms with E-state index in [2.05, 4.69) is 16.9 Å². The average molecular weight is 314 g/mol. The third-order valence-electron chi connectivity index (χ3n) is 3.65. The van der Waals surface area contributed by atoms with Gasteiger partial charge in [-0.2, -0.15) is 0 Å². The van der Waals surface area contributed by atoms with Crippen molar-refractivity contribution in [1.82, 2.24) is 4.90 Å². The summed E-state index contributed by atoms with van der Waals surface area (Å²) in [6.07, 6.45) is 2.18. The Hall–Kier alpha value is -1.33. The van der Waals surface area contributed by atoms with Crippen molar-refractivity contribution in [2.45, 2.75) is 12.8 Å². The Bertz CT molecular complexity index is 502. The fraction of sp³-hybridized carbons (Fsp3) is 0.533. The van der Waals surface area contributed by atoms with Crippen LogP contribution in [0.4, 0.5) is 10.1 Å². The van der Waals surface area contributed by atoms with Gasteiger partial charge in [0.1, 0.15) is 17.3 Å². The maximum atomic E-state index is 13.9. The van der Waals surface area contributed by atoms with Crippen molar-refractivity contribution in [3.05, 3.63) is 24.0 Å². The summed E-state index contributed by atoms with van der Waals surface area (Å²) in [6, 6.07) is 4.65. The number of alkyl halides is 1. The number of hydrogen-bond acceptors (Lipinski definition) is 3. The number of hydrogen-bond donors (Lipinski definition) is 1. The Morgan fingerprint density at radius 3 is 2.86 bits per heavy atom. The number of para-hydroxylation sites is 1. The largest absolute Gasteiger partial charge is 0.491 e. The Labute approximate surface area is 129 Å². The highest BCUT2D eigenvalue weighted by Crippen LogP contribution is 2.31. The molecular formula is C15H21ClFN3O. The summed E-state index contributed by atoms with van der Waals surface area (Å²) < 4.78 is 19.6. The van der Waals surface area contributed by atoms with Gasteiger partial charge in [-0.15, -0.1) is 11.6 Å². The molecule has 0 amide bonds. The second kappa shape index (κ2) is 7.61. The van der Waals surface area contributed by atoms with Crippen LogP contribution in [0.5, 0.6) is 5.75 Å². The number of aliphatic imine (C=N–C) groups is 1. The molecule has 0 aliphatic carbocycles. The zero-order valence-electron chi connectivity index (χ0n) is 12.2. The standard InChI is InChI=1S/C15H21ClFN3O/c1-20-7-5-11(6-8-20)10-21-13-4-2-3-12(17)15(13)19-14(18)9-16/h2-4,11H,5-10H2,1H3,(H2,18,19). The van der Waals surface area contributed by atoms with Crippen LogP contribution in [0, 0.1) is 11.7 Å². The molecule has 6 heteroatoms. The molecule has 0 spiro atoms. The van der Waals surface area contributed by atoms with Crippen molar-refractivity contribution in [2.75, 3.05) is 32.6 Å². The molecule has 0 bridgehead atoms. The van der Waals surface area contributed by atoms with Crippen molar-refractivity contribution in [3.8, 4) is 5.75 Å². The molecule has 0 unspecified atom stereocenters. The van der Waals surface area contributed by atoms with E-state index in [1.165, 1.54) is 6.07 Å². The maximum absolute atomic E-state index is 13.9. The Morgan fingerprint density at radius 2 is 2.19 bits per heavy atom. The molecule has 21 heavy (non-hydrogen) atoms. The van der Waals surface area contributed by atoms with Crippen LogP contribution in [0.2, 0.25) is 0 Å². The Kier molecular flexibility index (Phi) is 5.82. The van der Waals surface area contributed by atoms with E-state index in [1.54, 1.807) is 12.1 Å². The number of likely N-dealkylation sites (tertiary alicyclic amines) is 1. The fourth-order valence-corrected chi connectivity index (χ4v) is 2.39. The number of halogens is 2. The van der Waals surface area contributed by atoms with E-state index in [9.17, 15) is 4.39 Å². The number of rotatable bonds is 5. The number of ether oxygens (including phenoxy) is 1. The first-order valence-electron chi connectivity index (χ1n) is 7.09. The fourth-order valence-electron chi connectivity index (χ4n) is 2.33. The van der Waals surface area contributed by atoms with Gasteiger partial charge in [-0.25, -0.2) is 9.38 Å². The molecule has 1 saturated heterocycles. The summed E-state index contributed by atoms with van der Waals surface area (Å²) in [5.41, 5.74) is 5.72. The number of amidine groups is 1. The highest BCUT2D eigenvalue weighted by atomic mass is 35.5. The Balaban J connectivity index is 2.04. The molecule has 1 aliphatic rings. The van der Waals surface area contributed by atoms with E-state index in [-0.39, 0.29) is 17.4 Å². The number of benzene rings is 1. The SMILES string of the molecule is CN1CCC(COc2cccc(F)c2N=C(N)CCl)CC1. The predicted molar refractivity (Wildman–Crippen MR) is 84.1 cm³/mol. The molecule has 0 radical (unpaired) electrons. The molecule has 0 aromatic heterocycles. The van der Waals surface area contributed by atoms with E-state index >= 15 is 0 Å². The lowest BCUT2D eigenvalue weighted by molar-refractivity contribution is 0.160. The van der Waals surface area contributed by atoms with Gasteiger partial charge in [0.15, 0.2) is 5.82 Å². The zero-order valence-corrected chi connectivity index (χ0v) is 12.9. The average Bonchev–Trinajstić information content (AvgIpc) is 2.49. The maximum Gasteiger partial charge on any atom is 0.152 e. The molecule has 1 heterocycles. The van der Waals surface area contributed by atoms with E-state index in [1.807, 2.05) is 0 Å². The van der Waals surface area contributed by atoms with E-state index in [4.69, 9.17) is 22.1 Å². The smallest absolute Gasteiger partial charge is 0.152 e. The summed E-state index contributed by atoms with van der Waals surface area (Å²) >= 11 is 5.60. The number of piperidine rings is 1. The third-order valence-corrected chi connectivity index (χ3v) is 3.93. The summed E-state index contributed by atoms with van der Waals surface area (Å²) in [5, 5.41) is 0. The summed E-state index contributed by atoms with van der Waals surface area (Å²) in [6.45, 7) is 2.71. The van der Waals surface area contributed by atoms with E-state index in [0.717, 1.165) is 25.9 Å². The van der Waals surface area contributed by atoms with Crippen LogP contribution in [0.3, 0.4) is 0 Å². The first-order valence-corrected chi connectivity index (χ1v) is 7.62. The molecule has 1 fully saturated rings. The van der Waals surface area contributed by atoms with Gasteiger partial charge in [-0.1, -0.05) is 6.07 Å². The normalized spacial score (nSPS) is 18.0. The van der Waals surface area contributed by atoms with Gasteiger partial charge in [0.05, 0.1) is 12.5 Å². The monoisotopic (exact) mass is 313 g/mol. The van der Waals surface area contributed by atoms with Gasteiger partial charge in [-0.05, 0) is 51.0 Å². The van der Waals surface area contributed by atoms with Gasteiger partial charge < -0.3 is 15.4 Å². The zero-order chi connectivity index (χ0) is 15.2. The van der Waals surface area contributed by atoms with Crippen LogP contribution in [-0.4, -0.2) is 43.4 Å². The minimum atomic E-state index is -0.455. The first kappa shape index (κ1) is 16.0. The molecule has 0 atom stereocenters. The van der Waals surface area contributed by atoms with Gasteiger partial charge in [0.25, 0.3) is 0 Å². The summed E-state index contributed by atoms with van der Waals surface area (Å²) in [4.78, 5) is 6.31. The highest BCUT2D eigenvalue weighted by molar-refractivity contribution is 6.28. The van der Waals surface area contributed by atoms with Crippen molar-refractivity contribution in [2.24, 2.45) is 16.6 Å². The summed E-state index contributed by atoms with van der Waals surface area (Å²) in [7, 11) is 2.12. The third kappa shape index (κ3) is 4.58. The predicted octanol–water partition coefficient (Wildman–Crippen LogP) is 2.77. The lowest BCUT2D eigenvalue weighted by Gasteiger charge is -2.28. The highest BCUT2D eigenvalue weighted by Gasteiger charge is 2.18. The van der Waals surface area contributed by atoms with Gasteiger partial charge in [0.2, 0.25) is 0 Å². The van der Waals surface area contributed by atoms with E-state index in [0.29, 0.717) is 18.3 Å². The minimum Gasteiger partial charge on any atom is -0.491 e. The molecule has 2 N–H and O–H groups in total. The second-order valence-corrected chi connectivity index (χ2v) is 5.65. The molecule has 1 aromatic carbocycles. The quantitative estimate of drug-likeness (QED) is 0.516.